The first kappa shape index (κ1) is 12.1. The fraction of sp³-hybridized carbons (Fsp3) is 0.545. The number of rotatable bonds is 6. The number of hydrogen-bond acceptors (Lipinski definition) is 2. The fourth-order valence-electron chi connectivity index (χ4n) is 1.39. The first-order valence-electron chi connectivity index (χ1n) is 4.97. The van der Waals surface area contributed by atoms with Crippen LogP contribution >= 0.6 is 11.3 Å². The standard InChI is InChI=1S/C11H16OS.Cr/c1-3-10(7-8-12-4-2)11-6-5-9-13-11;/h5-6,9-10H,3-4,7H2,1-2H3;. The molecule has 1 rings (SSSR count). The molecule has 1 heterocycles. The Morgan fingerprint density at radius 2 is 2.36 bits per heavy atom. The summed E-state index contributed by atoms with van der Waals surface area (Å²) in [6, 6.07) is 4.32. The second-order valence-corrected chi connectivity index (χ2v) is 4.82. The van der Waals surface area contributed by atoms with Crippen molar-refractivity contribution >= 4 is 15.9 Å². The monoisotopic (exact) mass is 248 g/mol. The maximum atomic E-state index is 5.44. The zero-order valence-corrected chi connectivity index (χ0v) is 10.7. The van der Waals surface area contributed by atoms with Gasteiger partial charge in [0.1, 0.15) is 0 Å². The van der Waals surface area contributed by atoms with Gasteiger partial charge in [-0.2, -0.15) is 0 Å². The van der Waals surface area contributed by atoms with Gasteiger partial charge in [-0.3, -0.25) is 0 Å². The Labute approximate surface area is 98.1 Å². The van der Waals surface area contributed by atoms with Gasteiger partial charge >= 0.3 is 98.1 Å². The van der Waals surface area contributed by atoms with Crippen LogP contribution in [0.5, 0.6) is 0 Å². The molecule has 0 aliphatic carbocycles. The van der Waals surface area contributed by atoms with Gasteiger partial charge in [-0.05, 0) is 0 Å². The van der Waals surface area contributed by atoms with Crippen molar-refractivity contribution in [3.8, 4) is 0 Å². The van der Waals surface area contributed by atoms with Gasteiger partial charge in [-0.15, -0.1) is 0 Å². The predicted molar refractivity (Wildman–Crippen MR) is 58.6 cm³/mol. The zero-order valence-electron chi connectivity index (χ0n) is 8.66. The molecule has 0 saturated carbocycles. The topological polar surface area (TPSA) is 9.23 Å². The van der Waals surface area contributed by atoms with E-state index >= 15 is 0 Å². The molecule has 0 bridgehead atoms. The van der Waals surface area contributed by atoms with E-state index in [1.807, 2.05) is 18.3 Å². The number of thiophene rings is 1. The molecular weight excluding hydrogens is 232 g/mol. The minimum atomic E-state index is 0.609. The first-order chi connectivity index (χ1) is 6.77. The quantitative estimate of drug-likeness (QED) is 0.750. The molecule has 0 saturated heterocycles. The molecule has 0 amide bonds. The molecule has 3 heteroatoms. The molecule has 0 radical (unpaired) electrons. The van der Waals surface area contributed by atoms with E-state index in [0.717, 1.165) is 17.6 Å². The van der Waals surface area contributed by atoms with E-state index in [-0.39, 0.29) is 0 Å². The van der Waals surface area contributed by atoms with E-state index in [0.29, 0.717) is 5.92 Å². The zero-order chi connectivity index (χ0) is 10.4. The summed E-state index contributed by atoms with van der Waals surface area (Å²) in [7, 11) is 0. The van der Waals surface area contributed by atoms with E-state index in [9.17, 15) is 0 Å². The van der Waals surface area contributed by atoms with Gasteiger partial charge in [0.05, 0.1) is 0 Å². The molecule has 0 spiro atoms. The summed E-state index contributed by atoms with van der Waals surface area (Å²) in [6.07, 6.45) is 2.17. The van der Waals surface area contributed by atoms with Crippen LogP contribution in [0.15, 0.2) is 17.5 Å². The molecule has 1 aromatic heterocycles. The summed E-state index contributed by atoms with van der Waals surface area (Å²) in [5, 5.41) is 2.14. The summed E-state index contributed by atoms with van der Waals surface area (Å²) in [4.78, 5) is 1.46. The van der Waals surface area contributed by atoms with Crippen molar-refractivity contribution in [1.82, 2.24) is 0 Å². The Kier molecular flexibility index (Phi) is 5.66. The molecule has 0 aliphatic heterocycles. The van der Waals surface area contributed by atoms with Gasteiger partial charge in [0.25, 0.3) is 0 Å². The SMILES string of the molecule is CCO[C](=[Cr])CC(CC)c1cccs1. The van der Waals surface area contributed by atoms with Crippen LogP contribution in [0.4, 0.5) is 0 Å². The summed E-state index contributed by atoms with van der Waals surface area (Å²) < 4.78 is 6.47. The molecular formula is C11H16CrOS. The van der Waals surface area contributed by atoms with Crippen molar-refractivity contribution < 1.29 is 20.6 Å². The van der Waals surface area contributed by atoms with Crippen molar-refractivity contribution in [2.24, 2.45) is 0 Å². The van der Waals surface area contributed by atoms with Crippen molar-refractivity contribution in [3.63, 3.8) is 0 Å². The van der Waals surface area contributed by atoms with Crippen LogP contribution in [0.25, 0.3) is 0 Å². The molecule has 78 valence electrons. The van der Waals surface area contributed by atoms with Crippen LogP contribution in [-0.4, -0.2) is 11.2 Å². The minimum absolute atomic E-state index is 0.609. The maximum absolute atomic E-state index is 5.44. The molecule has 0 fully saturated rings. The Balaban J connectivity index is 2.51. The van der Waals surface area contributed by atoms with Crippen LogP contribution in [-0.2, 0) is 20.6 Å². The normalized spacial score (nSPS) is 12.7. The van der Waals surface area contributed by atoms with Gasteiger partial charge in [0.15, 0.2) is 0 Å². The van der Waals surface area contributed by atoms with Crippen molar-refractivity contribution in [3.05, 3.63) is 22.4 Å². The summed E-state index contributed by atoms with van der Waals surface area (Å²) in [6.45, 7) is 5.00. The second kappa shape index (κ2) is 6.53. The van der Waals surface area contributed by atoms with Crippen molar-refractivity contribution in [2.75, 3.05) is 6.61 Å². The summed E-state index contributed by atoms with van der Waals surface area (Å²) in [5.74, 6) is 0.609. The number of ether oxygens (including phenoxy) is 1. The Morgan fingerprint density at radius 1 is 1.57 bits per heavy atom. The Hall–Kier alpha value is 0.0625. The van der Waals surface area contributed by atoms with E-state index in [2.05, 4.69) is 40.3 Å². The van der Waals surface area contributed by atoms with Crippen LogP contribution < -0.4 is 0 Å². The Bertz CT molecular complexity index is 269. The fourth-order valence-corrected chi connectivity index (χ4v) is 2.80. The average Bonchev–Trinajstić information content (AvgIpc) is 2.67. The third-order valence-electron chi connectivity index (χ3n) is 2.16. The molecule has 14 heavy (non-hydrogen) atoms. The van der Waals surface area contributed by atoms with Crippen molar-refractivity contribution in [2.45, 2.75) is 32.6 Å². The second-order valence-electron chi connectivity index (χ2n) is 3.13. The molecule has 0 N–H and O–H groups in total. The van der Waals surface area contributed by atoms with Crippen LogP contribution in [0, 0.1) is 0 Å². The number of hydrogen-bond donors (Lipinski definition) is 0. The van der Waals surface area contributed by atoms with Crippen LogP contribution in [0.3, 0.4) is 0 Å². The van der Waals surface area contributed by atoms with Crippen molar-refractivity contribution in [1.29, 1.82) is 0 Å². The molecule has 0 aromatic carbocycles. The van der Waals surface area contributed by atoms with E-state index in [4.69, 9.17) is 4.74 Å². The summed E-state index contributed by atoms with van der Waals surface area (Å²) >= 11 is 4.84. The van der Waals surface area contributed by atoms with Gasteiger partial charge in [-0.1, -0.05) is 0 Å². The van der Waals surface area contributed by atoms with E-state index in [1.165, 1.54) is 11.3 Å². The Morgan fingerprint density at radius 3 is 2.86 bits per heavy atom. The molecule has 0 aliphatic rings. The third kappa shape index (κ3) is 3.67. The summed E-state index contributed by atoms with van der Waals surface area (Å²) in [5.41, 5.74) is 0. The molecule has 1 unspecified atom stereocenters. The van der Waals surface area contributed by atoms with Gasteiger partial charge < -0.3 is 0 Å². The molecule has 1 nitrogen and oxygen atoms in total. The predicted octanol–water partition coefficient (Wildman–Crippen LogP) is 3.35. The van der Waals surface area contributed by atoms with E-state index < -0.39 is 0 Å². The average molecular weight is 248 g/mol. The van der Waals surface area contributed by atoms with Crippen LogP contribution in [0.1, 0.15) is 37.5 Å². The molecule has 1 atom stereocenters. The van der Waals surface area contributed by atoms with E-state index in [1.54, 1.807) is 0 Å². The van der Waals surface area contributed by atoms with Gasteiger partial charge in [0, 0.05) is 0 Å². The molecule has 1 aromatic rings. The van der Waals surface area contributed by atoms with Crippen LogP contribution in [0.2, 0.25) is 0 Å². The van der Waals surface area contributed by atoms with Gasteiger partial charge in [-0.25, -0.2) is 0 Å². The first-order valence-corrected chi connectivity index (χ1v) is 6.48. The third-order valence-corrected chi connectivity index (χ3v) is 3.64. The van der Waals surface area contributed by atoms with Gasteiger partial charge in [0.2, 0.25) is 0 Å².